The molecule has 1 aromatic carbocycles. The van der Waals surface area contributed by atoms with Crippen LogP contribution in [0.15, 0.2) is 29.1 Å². The topological polar surface area (TPSA) is 175 Å². The van der Waals surface area contributed by atoms with Crippen LogP contribution in [0.1, 0.15) is 58.1 Å². The van der Waals surface area contributed by atoms with Gasteiger partial charge in [-0.15, -0.1) is 0 Å². The Morgan fingerprint density at radius 1 is 1.19 bits per heavy atom. The molecule has 0 fully saturated rings. The minimum Gasteiger partial charge on any atom is -0.506 e. The highest BCUT2D eigenvalue weighted by molar-refractivity contribution is 5.87. The number of aliphatic hydroxyl groups is 1. The second-order valence-corrected chi connectivity index (χ2v) is 7.80. The van der Waals surface area contributed by atoms with Crippen LogP contribution in [0.5, 0.6) is 5.75 Å². The highest BCUT2D eigenvalue weighted by Gasteiger charge is 2.22. The summed E-state index contributed by atoms with van der Waals surface area (Å²) in [7, 11) is 0. The van der Waals surface area contributed by atoms with Crippen LogP contribution >= 0.6 is 0 Å². The number of aromatic amines is 1. The fourth-order valence-corrected chi connectivity index (χ4v) is 3.23. The number of H-pyrrole nitrogens is 1. The van der Waals surface area contributed by atoms with Gasteiger partial charge in [0, 0.05) is 23.5 Å². The zero-order chi connectivity index (χ0) is 23.6. The number of rotatable bonds is 10. The van der Waals surface area contributed by atoms with Crippen molar-refractivity contribution in [2.45, 2.75) is 70.7 Å². The molecule has 0 saturated carbocycles. The Hall–Kier alpha value is -2.46. The largest absolute Gasteiger partial charge is 0.506 e. The third kappa shape index (κ3) is 8.29. The van der Waals surface area contributed by atoms with Gasteiger partial charge in [-0.1, -0.05) is 33.3 Å². The number of aromatic hydroxyl groups is 1. The zero-order valence-electron chi connectivity index (χ0n) is 18.5. The molecule has 0 saturated heterocycles. The van der Waals surface area contributed by atoms with Gasteiger partial charge in [0.1, 0.15) is 11.8 Å². The number of pyridine rings is 1. The molecule has 0 spiro atoms. The normalized spacial score (nSPS) is 14.0. The number of carboxylic acids is 1. The Labute approximate surface area is 182 Å². The number of nitrogens with one attached hydrogen (secondary N) is 2. The van der Waals surface area contributed by atoms with Gasteiger partial charge in [0.15, 0.2) is 0 Å². The number of carbonyl (C=O) groups is 1. The molecule has 2 rings (SSSR count). The third-order valence-corrected chi connectivity index (χ3v) is 4.88. The highest BCUT2D eigenvalue weighted by Crippen LogP contribution is 2.30. The summed E-state index contributed by atoms with van der Waals surface area (Å²) in [5, 5.41) is 32.8. The summed E-state index contributed by atoms with van der Waals surface area (Å²) in [6.45, 7) is 6.67. The van der Waals surface area contributed by atoms with Crippen LogP contribution < -0.4 is 22.3 Å². The molecule has 174 valence electrons. The number of aliphatic carboxylic acids is 1. The van der Waals surface area contributed by atoms with Crippen LogP contribution in [0, 0.1) is 0 Å². The van der Waals surface area contributed by atoms with Crippen molar-refractivity contribution in [1.29, 1.82) is 0 Å². The lowest BCUT2D eigenvalue weighted by atomic mass is 9.95. The van der Waals surface area contributed by atoms with Crippen molar-refractivity contribution in [3.05, 3.63) is 40.2 Å². The summed E-state index contributed by atoms with van der Waals surface area (Å²) in [6.07, 6.45) is 2.22. The minimum atomic E-state index is -0.933. The lowest BCUT2D eigenvalue weighted by molar-refractivity contribution is -0.138. The van der Waals surface area contributed by atoms with Crippen molar-refractivity contribution in [2.75, 3.05) is 6.54 Å². The van der Waals surface area contributed by atoms with E-state index >= 15 is 0 Å². The van der Waals surface area contributed by atoms with E-state index < -0.39 is 18.1 Å². The summed E-state index contributed by atoms with van der Waals surface area (Å²) in [5.41, 5.74) is 11.2. The number of benzene rings is 1. The molecular formula is C22H36N4O5. The number of aromatic nitrogens is 1. The van der Waals surface area contributed by atoms with Crippen molar-refractivity contribution in [3.8, 4) is 5.75 Å². The maximum absolute atomic E-state index is 11.4. The molecule has 9 N–H and O–H groups in total. The second kappa shape index (κ2) is 13.1. The summed E-state index contributed by atoms with van der Waals surface area (Å²) in [4.78, 5) is 24.2. The first kappa shape index (κ1) is 26.6. The van der Waals surface area contributed by atoms with Crippen molar-refractivity contribution in [3.63, 3.8) is 0 Å². The van der Waals surface area contributed by atoms with Gasteiger partial charge in [-0.2, -0.15) is 0 Å². The molecule has 9 heteroatoms. The van der Waals surface area contributed by atoms with Gasteiger partial charge in [-0.3, -0.25) is 9.59 Å². The lowest BCUT2D eigenvalue weighted by Crippen LogP contribution is -2.39. The van der Waals surface area contributed by atoms with Crippen LogP contribution in [0.3, 0.4) is 0 Å². The van der Waals surface area contributed by atoms with E-state index in [1.54, 1.807) is 12.1 Å². The molecule has 0 aliphatic rings. The average molecular weight is 437 g/mol. The molecule has 0 bridgehead atoms. The molecule has 31 heavy (non-hydrogen) atoms. The first-order valence-corrected chi connectivity index (χ1v) is 10.6. The van der Waals surface area contributed by atoms with E-state index in [0.717, 1.165) is 19.3 Å². The Kier molecular flexibility index (Phi) is 11.2. The molecule has 3 atom stereocenters. The van der Waals surface area contributed by atoms with Gasteiger partial charge in [0.05, 0.1) is 11.6 Å². The Bertz CT molecular complexity index is 884. The molecule has 3 unspecified atom stereocenters. The number of phenols is 1. The molecule has 0 radical (unpaired) electrons. The Morgan fingerprint density at radius 2 is 1.87 bits per heavy atom. The van der Waals surface area contributed by atoms with E-state index in [2.05, 4.69) is 10.3 Å². The number of hydrogen-bond acceptors (Lipinski definition) is 7. The lowest BCUT2D eigenvalue weighted by Gasteiger charge is -2.26. The maximum Gasteiger partial charge on any atom is 0.320 e. The molecule has 0 amide bonds. The van der Waals surface area contributed by atoms with Gasteiger partial charge in [0.25, 0.3) is 0 Å². The fraction of sp³-hybridized carbons (Fsp3) is 0.545. The summed E-state index contributed by atoms with van der Waals surface area (Å²) in [5.74, 6) is -0.930. The number of aliphatic hydroxyl groups excluding tert-OH is 1. The summed E-state index contributed by atoms with van der Waals surface area (Å²) in [6, 6.07) is 5.68. The number of unbranched alkanes of at least 4 members (excludes halogenated alkanes) is 1. The van der Waals surface area contributed by atoms with Crippen LogP contribution in [0.2, 0.25) is 0 Å². The van der Waals surface area contributed by atoms with Gasteiger partial charge in [0.2, 0.25) is 5.56 Å². The standard InChI is InChI=1S/C16H22N2O3.C6H14N2O2/c1-4-12(17-9(2)3)16(21)11-5-7-13(19)15-10(11)6-8-14(20)18-15;7-4-2-1-3-5(8)6(9)10/h5-9,12,16-17,19,21H,4H2,1-3H3,(H,18,20);5H,1-4,7-8H2,(H,9,10). The predicted molar refractivity (Wildman–Crippen MR) is 122 cm³/mol. The van der Waals surface area contributed by atoms with E-state index in [9.17, 15) is 19.8 Å². The van der Waals surface area contributed by atoms with Crippen LogP contribution in [-0.4, -0.2) is 50.9 Å². The van der Waals surface area contributed by atoms with Crippen molar-refractivity contribution in [2.24, 2.45) is 11.5 Å². The first-order chi connectivity index (χ1) is 14.6. The molecule has 9 nitrogen and oxygen atoms in total. The number of nitrogens with two attached hydrogens (primary N) is 2. The van der Waals surface area contributed by atoms with Crippen LogP contribution in [0.4, 0.5) is 0 Å². The summed E-state index contributed by atoms with van der Waals surface area (Å²) >= 11 is 0. The van der Waals surface area contributed by atoms with E-state index in [1.165, 1.54) is 12.1 Å². The highest BCUT2D eigenvalue weighted by atomic mass is 16.4. The second-order valence-electron chi connectivity index (χ2n) is 7.80. The molecule has 0 aliphatic carbocycles. The van der Waals surface area contributed by atoms with Gasteiger partial charge >= 0.3 is 5.97 Å². The van der Waals surface area contributed by atoms with Crippen molar-refractivity contribution >= 4 is 16.9 Å². The number of fused-ring (bicyclic) bond motifs is 1. The average Bonchev–Trinajstić information content (AvgIpc) is 2.72. The van der Waals surface area contributed by atoms with Gasteiger partial charge < -0.3 is 37.1 Å². The van der Waals surface area contributed by atoms with Gasteiger partial charge in [-0.25, -0.2) is 0 Å². The number of hydrogen-bond donors (Lipinski definition) is 7. The molecular weight excluding hydrogens is 400 g/mol. The minimum absolute atomic E-state index is 0.00326. The fourth-order valence-electron chi connectivity index (χ4n) is 3.23. The van der Waals surface area contributed by atoms with E-state index in [0.29, 0.717) is 29.4 Å². The SMILES string of the molecule is CCC(NC(C)C)C(O)c1ccc(O)c2[nH]c(=O)ccc12.NCCCCC(N)C(=O)O. The predicted octanol–water partition coefficient (Wildman–Crippen LogP) is 1.57. The quantitative estimate of drug-likeness (QED) is 0.275. The van der Waals surface area contributed by atoms with Crippen molar-refractivity contribution in [1.82, 2.24) is 10.3 Å². The van der Waals surface area contributed by atoms with E-state index in [-0.39, 0.29) is 23.4 Å². The van der Waals surface area contributed by atoms with Crippen LogP contribution in [-0.2, 0) is 4.79 Å². The molecule has 1 heterocycles. The Morgan fingerprint density at radius 3 is 2.42 bits per heavy atom. The van der Waals surface area contributed by atoms with Gasteiger partial charge in [-0.05, 0) is 43.5 Å². The monoisotopic (exact) mass is 436 g/mol. The van der Waals surface area contributed by atoms with E-state index in [1.807, 2.05) is 20.8 Å². The van der Waals surface area contributed by atoms with E-state index in [4.69, 9.17) is 16.6 Å². The van der Waals surface area contributed by atoms with Crippen molar-refractivity contribution < 1.29 is 20.1 Å². The molecule has 0 aliphatic heterocycles. The number of carboxylic acid groups (broad SMARTS) is 1. The van der Waals surface area contributed by atoms with Crippen LogP contribution in [0.25, 0.3) is 10.9 Å². The first-order valence-electron chi connectivity index (χ1n) is 10.6. The third-order valence-electron chi connectivity index (χ3n) is 4.88. The zero-order valence-corrected chi connectivity index (χ0v) is 18.5. The summed E-state index contributed by atoms with van der Waals surface area (Å²) < 4.78 is 0. The number of phenolic OH excluding ortho intramolecular Hbond substituents is 1. The molecule has 2 aromatic rings. The maximum atomic E-state index is 11.4. The Balaban J connectivity index is 0.000000407. The smallest absolute Gasteiger partial charge is 0.320 e. The molecule has 1 aromatic heterocycles.